The van der Waals surface area contributed by atoms with Crippen LogP contribution in [0.25, 0.3) is 0 Å². The molecule has 0 amide bonds. The van der Waals surface area contributed by atoms with Crippen LogP contribution in [0.15, 0.2) is 47.4 Å². The van der Waals surface area contributed by atoms with Crippen LogP contribution in [0.3, 0.4) is 0 Å². The minimum atomic E-state index is -3.80. The number of aliphatic hydroxyl groups excluding tert-OH is 1. The summed E-state index contributed by atoms with van der Waals surface area (Å²) in [5.41, 5.74) is 1.10. The van der Waals surface area contributed by atoms with Gasteiger partial charge in [0.15, 0.2) is 11.5 Å². The summed E-state index contributed by atoms with van der Waals surface area (Å²) in [6.07, 6.45) is -0.832. The van der Waals surface area contributed by atoms with Crippen molar-refractivity contribution in [3.05, 3.63) is 48.0 Å². The van der Waals surface area contributed by atoms with Crippen LogP contribution in [0.1, 0.15) is 11.7 Å². The molecule has 1 N–H and O–H groups in total. The van der Waals surface area contributed by atoms with Gasteiger partial charge in [-0.3, -0.25) is 4.31 Å². The lowest BCUT2D eigenvalue weighted by Crippen LogP contribution is -2.30. The molecule has 7 heteroatoms. The van der Waals surface area contributed by atoms with Crippen LogP contribution in [-0.4, -0.2) is 34.3 Å². The van der Waals surface area contributed by atoms with Gasteiger partial charge in [-0.05, 0) is 18.2 Å². The lowest BCUT2D eigenvalue weighted by molar-refractivity contribution is 0.197. The maximum atomic E-state index is 12.9. The van der Waals surface area contributed by atoms with E-state index in [0.717, 1.165) is 0 Å². The number of para-hydroxylation sites is 1. The fourth-order valence-electron chi connectivity index (χ4n) is 2.68. The fraction of sp³-hybridized carbons (Fsp3) is 0.250. The van der Waals surface area contributed by atoms with Crippen molar-refractivity contribution in [1.82, 2.24) is 0 Å². The molecule has 23 heavy (non-hydrogen) atoms. The number of ether oxygens (including phenoxy) is 2. The number of methoxy groups -OCH3 is 2. The van der Waals surface area contributed by atoms with Crippen molar-refractivity contribution in [1.29, 1.82) is 0 Å². The normalized spacial score (nSPS) is 17.0. The first-order chi connectivity index (χ1) is 11.0. The Morgan fingerprint density at radius 2 is 1.78 bits per heavy atom. The number of fused-ring (bicyclic) bond motifs is 1. The van der Waals surface area contributed by atoms with E-state index < -0.39 is 16.1 Å². The Bertz CT molecular complexity index is 834. The summed E-state index contributed by atoms with van der Waals surface area (Å²) < 4.78 is 37.4. The van der Waals surface area contributed by atoms with Gasteiger partial charge in [0.05, 0.1) is 37.5 Å². The molecule has 122 valence electrons. The summed E-state index contributed by atoms with van der Waals surface area (Å²) in [6, 6.07) is 11.4. The Morgan fingerprint density at radius 3 is 2.48 bits per heavy atom. The summed E-state index contributed by atoms with van der Waals surface area (Å²) in [6.45, 7) is -0.00394. The first-order valence-electron chi connectivity index (χ1n) is 7.01. The number of rotatable bonds is 4. The third kappa shape index (κ3) is 2.51. The van der Waals surface area contributed by atoms with Gasteiger partial charge in [-0.1, -0.05) is 18.2 Å². The molecular formula is C16H17NO5S. The number of benzene rings is 2. The van der Waals surface area contributed by atoms with Gasteiger partial charge in [0, 0.05) is 11.6 Å². The molecule has 1 heterocycles. The Hall–Kier alpha value is -2.25. The molecule has 0 aromatic heterocycles. The molecule has 2 aromatic rings. The monoisotopic (exact) mass is 335 g/mol. The molecule has 0 radical (unpaired) electrons. The third-order valence-electron chi connectivity index (χ3n) is 3.85. The maximum absolute atomic E-state index is 12.9. The highest BCUT2D eigenvalue weighted by molar-refractivity contribution is 7.92. The van der Waals surface area contributed by atoms with Crippen LogP contribution in [0.2, 0.25) is 0 Å². The summed E-state index contributed by atoms with van der Waals surface area (Å²) in [5, 5.41) is 10.1. The molecule has 0 fully saturated rings. The number of anilines is 1. The molecule has 2 aromatic carbocycles. The second-order valence-electron chi connectivity index (χ2n) is 5.13. The van der Waals surface area contributed by atoms with Crippen molar-refractivity contribution in [2.45, 2.75) is 11.0 Å². The summed E-state index contributed by atoms with van der Waals surface area (Å²) in [5.74, 6) is 0.787. The van der Waals surface area contributed by atoms with Crippen LogP contribution in [0.5, 0.6) is 11.5 Å². The number of hydrogen-bond acceptors (Lipinski definition) is 5. The van der Waals surface area contributed by atoms with E-state index in [9.17, 15) is 13.5 Å². The molecule has 1 aliphatic rings. The number of hydrogen-bond donors (Lipinski definition) is 1. The smallest absolute Gasteiger partial charge is 0.264 e. The zero-order chi connectivity index (χ0) is 16.6. The van der Waals surface area contributed by atoms with E-state index in [0.29, 0.717) is 22.7 Å². The number of β-amino-alcohol motifs (C(OH)–C–C–N with tert-alkyl or cyclic N) is 1. The average Bonchev–Trinajstić information content (AvgIpc) is 2.92. The standard InChI is InChI=1S/C16H17NO5S/c1-21-15-8-7-11(9-16(15)22-2)23(19,20)17-10-14(18)12-5-3-4-6-13(12)17/h3-9,14,18H,10H2,1-2H3. The first kappa shape index (κ1) is 15.6. The van der Waals surface area contributed by atoms with E-state index in [1.807, 2.05) is 0 Å². The molecule has 0 spiro atoms. The zero-order valence-corrected chi connectivity index (χ0v) is 13.6. The van der Waals surface area contributed by atoms with Gasteiger partial charge in [-0.15, -0.1) is 0 Å². The van der Waals surface area contributed by atoms with Crippen LogP contribution in [-0.2, 0) is 10.0 Å². The van der Waals surface area contributed by atoms with E-state index in [2.05, 4.69) is 0 Å². The van der Waals surface area contributed by atoms with Gasteiger partial charge in [-0.25, -0.2) is 8.42 Å². The largest absolute Gasteiger partial charge is 0.493 e. The zero-order valence-electron chi connectivity index (χ0n) is 12.8. The molecule has 0 saturated heterocycles. The van der Waals surface area contributed by atoms with E-state index in [1.54, 1.807) is 30.3 Å². The van der Waals surface area contributed by atoms with Crippen LogP contribution >= 0.6 is 0 Å². The quantitative estimate of drug-likeness (QED) is 0.924. The Balaban J connectivity index is 2.07. The van der Waals surface area contributed by atoms with Gasteiger partial charge >= 0.3 is 0 Å². The second-order valence-corrected chi connectivity index (χ2v) is 6.99. The van der Waals surface area contributed by atoms with Crippen LogP contribution < -0.4 is 13.8 Å². The summed E-state index contributed by atoms with van der Waals surface area (Å²) in [7, 11) is -0.872. The molecule has 1 atom stereocenters. The summed E-state index contributed by atoms with van der Waals surface area (Å²) in [4.78, 5) is 0.0825. The minimum Gasteiger partial charge on any atom is -0.493 e. The van der Waals surface area contributed by atoms with Gasteiger partial charge in [0.2, 0.25) is 0 Å². The lowest BCUT2D eigenvalue weighted by Gasteiger charge is -2.20. The van der Waals surface area contributed by atoms with Gasteiger partial charge in [-0.2, -0.15) is 0 Å². The molecule has 3 rings (SSSR count). The SMILES string of the molecule is COc1ccc(S(=O)(=O)N2CC(O)c3ccccc32)cc1OC. The van der Waals surface area contributed by atoms with E-state index in [4.69, 9.17) is 9.47 Å². The lowest BCUT2D eigenvalue weighted by atomic mass is 10.1. The Morgan fingerprint density at radius 1 is 1.09 bits per heavy atom. The van der Waals surface area contributed by atoms with E-state index in [1.165, 1.54) is 30.7 Å². The van der Waals surface area contributed by atoms with Crippen molar-refractivity contribution in [2.24, 2.45) is 0 Å². The van der Waals surface area contributed by atoms with Crippen molar-refractivity contribution in [3.63, 3.8) is 0 Å². The molecule has 0 saturated carbocycles. The molecule has 0 aliphatic carbocycles. The van der Waals surface area contributed by atoms with Crippen LogP contribution in [0, 0.1) is 0 Å². The predicted octanol–water partition coefficient (Wildman–Crippen LogP) is 1.95. The predicted molar refractivity (Wildman–Crippen MR) is 85.5 cm³/mol. The molecule has 0 bridgehead atoms. The third-order valence-corrected chi connectivity index (χ3v) is 5.62. The number of sulfonamides is 1. The maximum Gasteiger partial charge on any atom is 0.264 e. The molecule has 1 aliphatic heterocycles. The van der Waals surface area contributed by atoms with Gasteiger partial charge < -0.3 is 14.6 Å². The minimum absolute atomic E-state index is 0.00394. The van der Waals surface area contributed by atoms with Gasteiger partial charge in [0.25, 0.3) is 10.0 Å². The van der Waals surface area contributed by atoms with E-state index >= 15 is 0 Å². The van der Waals surface area contributed by atoms with E-state index in [-0.39, 0.29) is 11.4 Å². The Labute approximate surface area is 134 Å². The fourth-order valence-corrected chi connectivity index (χ4v) is 4.20. The number of aliphatic hydroxyl groups is 1. The molecule has 6 nitrogen and oxygen atoms in total. The van der Waals surface area contributed by atoms with Crippen LogP contribution in [0.4, 0.5) is 5.69 Å². The van der Waals surface area contributed by atoms with Gasteiger partial charge in [0.1, 0.15) is 0 Å². The van der Waals surface area contributed by atoms with Crippen molar-refractivity contribution in [3.8, 4) is 11.5 Å². The van der Waals surface area contributed by atoms with Crippen molar-refractivity contribution >= 4 is 15.7 Å². The topological polar surface area (TPSA) is 76.1 Å². The highest BCUT2D eigenvalue weighted by Crippen LogP contribution is 2.39. The Kier molecular flexibility index (Phi) is 3.91. The molecule has 1 unspecified atom stereocenters. The highest BCUT2D eigenvalue weighted by Gasteiger charge is 2.35. The first-order valence-corrected chi connectivity index (χ1v) is 8.45. The molecular weight excluding hydrogens is 318 g/mol. The summed E-state index contributed by atoms with van der Waals surface area (Å²) >= 11 is 0. The highest BCUT2D eigenvalue weighted by atomic mass is 32.2. The second kappa shape index (κ2) is 5.75. The average molecular weight is 335 g/mol. The van der Waals surface area contributed by atoms with Crippen molar-refractivity contribution < 1.29 is 23.0 Å². The van der Waals surface area contributed by atoms with Crippen molar-refractivity contribution in [2.75, 3.05) is 25.1 Å². The number of nitrogens with zero attached hydrogens (tertiary/aromatic N) is 1.